The summed E-state index contributed by atoms with van der Waals surface area (Å²) in [5, 5.41) is 0. The van der Waals surface area contributed by atoms with Crippen molar-refractivity contribution in [2.75, 3.05) is 31.1 Å². The highest BCUT2D eigenvalue weighted by molar-refractivity contribution is 5.97. The second-order valence-electron chi connectivity index (χ2n) is 7.75. The molecule has 158 valence electrons. The molecule has 0 N–H and O–H groups in total. The van der Waals surface area contributed by atoms with Gasteiger partial charge in [0, 0.05) is 50.7 Å². The van der Waals surface area contributed by atoms with E-state index in [1.807, 2.05) is 54.3 Å². The van der Waals surface area contributed by atoms with Gasteiger partial charge in [-0.15, -0.1) is 0 Å². The van der Waals surface area contributed by atoms with Crippen LogP contribution in [0.5, 0.6) is 11.5 Å². The van der Waals surface area contributed by atoms with Crippen LogP contribution in [-0.2, 0) is 11.2 Å². The van der Waals surface area contributed by atoms with Crippen molar-refractivity contribution in [3.63, 3.8) is 0 Å². The first-order valence-corrected chi connectivity index (χ1v) is 10.7. The molecule has 0 aliphatic carbocycles. The molecule has 0 bridgehead atoms. The van der Waals surface area contributed by atoms with Gasteiger partial charge in [0.25, 0.3) is 5.91 Å². The summed E-state index contributed by atoms with van der Waals surface area (Å²) in [7, 11) is 0. The fourth-order valence-corrected chi connectivity index (χ4v) is 4.22. The zero-order valence-corrected chi connectivity index (χ0v) is 17.6. The Labute approximate surface area is 177 Å². The minimum atomic E-state index is 0.0424. The van der Waals surface area contributed by atoms with E-state index in [1.54, 1.807) is 11.8 Å². The van der Waals surface area contributed by atoms with Crippen LogP contribution in [-0.4, -0.2) is 49.1 Å². The summed E-state index contributed by atoms with van der Waals surface area (Å²) in [6.45, 7) is 6.14. The molecule has 0 atom stereocenters. The molecule has 2 aliphatic heterocycles. The maximum atomic E-state index is 13.0. The molecule has 0 radical (unpaired) electrons. The smallest absolute Gasteiger partial charge is 0.253 e. The number of para-hydroxylation sites is 2. The normalized spacial score (nSPS) is 16.3. The van der Waals surface area contributed by atoms with E-state index in [0.29, 0.717) is 31.8 Å². The molecule has 2 aliphatic rings. The highest BCUT2D eigenvalue weighted by atomic mass is 16.5. The van der Waals surface area contributed by atoms with Gasteiger partial charge in [-0.3, -0.25) is 9.59 Å². The SMILES string of the molecule is CCOc1ccccc1OC1CCN(C(=O)c2ccc3c(c2)CCN3C(C)=O)CC1. The Hall–Kier alpha value is -3.02. The number of carbonyl (C=O) groups is 2. The second-order valence-corrected chi connectivity index (χ2v) is 7.75. The van der Waals surface area contributed by atoms with Crippen LogP contribution in [0.15, 0.2) is 42.5 Å². The predicted octanol–water partition coefficient (Wildman–Crippen LogP) is 3.68. The molecule has 30 heavy (non-hydrogen) atoms. The molecular weight excluding hydrogens is 380 g/mol. The summed E-state index contributed by atoms with van der Waals surface area (Å²) in [6, 6.07) is 13.4. The van der Waals surface area contributed by atoms with Crippen molar-refractivity contribution in [3.8, 4) is 11.5 Å². The van der Waals surface area contributed by atoms with Crippen LogP contribution in [0, 0.1) is 0 Å². The van der Waals surface area contributed by atoms with Gasteiger partial charge in [-0.05, 0) is 49.2 Å². The maximum Gasteiger partial charge on any atom is 0.253 e. The number of carbonyl (C=O) groups excluding carboxylic acids is 2. The highest BCUT2D eigenvalue weighted by Crippen LogP contribution is 2.31. The highest BCUT2D eigenvalue weighted by Gasteiger charge is 2.27. The molecule has 0 aromatic heterocycles. The second kappa shape index (κ2) is 8.78. The molecule has 1 fully saturated rings. The lowest BCUT2D eigenvalue weighted by Crippen LogP contribution is -2.41. The van der Waals surface area contributed by atoms with Gasteiger partial charge in [-0.25, -0.2) is 0 Å². The number of likely N-dealkylation sites (tertiary alicyclic amines) is 1. The van der Waals surface area contributed by atoms with Crippen molar-refractivity contribution in [3.05, 3.63) is 53.6 Å². The zero-order chi connectivity index (χ0) is 21.1. The summed E-state index contributed by atoms with van der Waals surface area (Å²) < 4.78 is 11.8. The number of nitrogens with zero attached hydrogens (tertiary/aromatic N) is 2. The summed E-state index contributed by atoms with van der Waals surface area (Å²) in [6.07, 6.45) is 2.44. The van der Waals surface area contributed by atoms with Crippen LogP contribution >= 0.6 is 0 Å². The number of ether oxygens (including phenoxy) is 2. The molecule has 0 spiro atoms. The van der Waals surface area contributed by atoms with Gasteiger partial charge in [0.1, 0.15) is 6.10 Å². The Bertz CT molecular complexity index is 935. The van der Waals surface area contributed by atoms with Crippen LogP contribution in [0.1, 0.15) is 42.6 Å². The molecule has 2 heterocycles. The van der Waals surface area contributed by atoms with Gasteiger partial charge in [-0.1, -0.05) is 12.1 Å². The number of hydrogen-bond acceptors (Lipinski definition) is 4. The first-order valence-electron chi connectivity index (χ1n) is 10.7. The molecule has 2 aromatic carbocycles. The van der Waals surface area contributed by atoms with E-state index in [1.165, 1.54) is 0 Å². The van der Waals surface area contributed by atoms with Gasteiger partial charge >= 0.3 is 0 Å². The van der Waals surface area contributed by atoms with E-state index >= 15 is 0 Å². The fraction of sp³-hybridized carbons (Fsp3) is 0.417. The quantitative estimate of drug-likeness (QED) is 0.757. The molecule has 4 rings (SSSR count). The number of anilines is 1. The maximum absolute atomic E-state index is 13.0. The fourth-order valence-electron chi connectivity index (χ4n) is 4.22. The molecular formula is C24H28N2O4. The Morgan fingerprint density at radius 3 is 2.47 bits per heavy atom. The average Bonchev–Trinajstić information content (AvgIpc) is 3.19. The standard InChI is InChI=1S/C24H28N2O4/c1-3-29-22-6-4-5-7-23(22)30-20-11-13-25(14-12-20)24(28)19-8-9-21-18(16-19)10-15-26(21)17(2)27/h4-9,16,20H,3,10-15H2,1-2H3. The Morgan fingerprint density at radius 2 is 1.77 bits per heavy atom. The minimum absolute atomic E-state index is 0.0424. The third-order valence-corrected chi connectivity index (χ3v) is 5.77. The average molecular weight is 408 g/mol. The lowest BCUT2D eigenvalue weighted by molar-refractivity contribution is -0.116. The van der Waals surface area contributed by atoms with E-state index in [4.69, 9.17) is 9.47 Å². The number of rotatable bonds is 5. The molecule has 6 nitrogen and oxygen atoms in total. The van der Waals surface area contributed by atoms with Crippen LogP contribution in [0.3, 0.4) is 0 Å². The van der Waals surface area contributed by atoms with Crippen molar-refractivity contribution < 1.29 is 19.1 Å². The van der Waals surface area contributed by atoms with E-state index < -0.39 is 0 Å². The van der Waals surface area contributed by atoms with E-state index in [2.05, 4.69) is 0 Å². The van der Waals surface area contributed by atoms with Crippen LogP contribution in [0.4, 0.5) is 5.69 Å². The molecule has 2 amide bonds. The first kappa shape index (κ1) is 20.3. The van der Waals surface area contributed by atoms with Crippen molar-refractivity contribution >= 4 is 17.5 Å². The first-order chi connectivity index (χ1) is 14.6. The number of hydrogen-bond donors (Lipinski definition) is 0. The van der Waals surface area contributed by atoms with Crippen molar-refractivity contribution in [2.24, 2.45) is 0 Å². The number of amides is 2. The monoisotopic (exact) mass is 408 g/mol. The molecule has 0 saturated carbocycles. The van der Waals surface area contributed by atoms with Gasteiger partial charge in [0.2, 0.25) is 5.91 Å². The Balaban J connectivity index is 1.37. The van der Waals surface area contributed by atoms with Gasteiger partial charge in [0.05, 0.1) is 6.61 Å². The molecule has 0 unspecified atom stereocenters. The Morgan fingerprint density at radius 1 is 1.03 bits per heavy atom. The largest absolute Gasteiger partial charge is 0.490 e. The number of piperidine rings is 1. The predicted molar refractivity (Wildman–Crippen MR) is 115 cm³/mol. The van der Waals surface area contributed by atoms with Crippen LogP contribution in [0.25, 0.3) is 0 Å². The molecule has 1 saturated heterocycles. The topological polar surface area (TPSA) is 59.1 Å². The summed E-state index contributed by atoms with van der Waals surface area (Å²) >= 11 is 0. The van der Waals surface area contributed by atoms with Crippen LogP contribution in [0.2, 0.25) is 0 Å². The van der Waals surface area contributed by atoms with Gasteiger partial charge < -0.3 is 19.3 Å². The van der Waals surface area contributed by atoms with Gasteiger partial charge in [0.15, 0.2) is 11.5 Å². The summed E-state index contributed by atoms with van der Waals surface area (Å²) in [5.74, 6) is 1.61. The van der Waals surface area contributed by atoms with Crippen LogP contribution < -0.4 is 14.4 Å². The third-order valence-electron chi connectivity index (χ3n) is 5.77. The third kappa shape index (κ3) is 4.13. The van der Waals surface area contributed by atoms with Crippen molar-refractivity contribution in [1.82, 2.24) is 4.90 Å². The number of benzene rings is 2. The molecule has 2 aromatic rings. The Kier molecular flexibility index (Phi) is 5.93. The lowest BCUT2D eigenvalue weighted by atomic mass is 10.0. The van der Waals surface area contributed by atoms with Crippen molar-refractivity contribution in [2.45, 2.75) is 39.2 Å². The van der Waals surface area contributed by atoms with E-state index in [0.717, 1.165) is 42.0 Å². The van der Waals surface area contributed by atoms with Crippen molar-refractivity contribution in [1.29, 1.82) is 0 Å². The zero-order valence-electron chi connectivity index (χ0n) is 17.6. The lowest BCUT2D eigenvalue weighted by Gasteiger charge is -2.32. The van der Waals surface area contributed by atoms with Gasteiger partial charge in [-0.2, -0.15) is 0 Å². The number of fused-ring (bicyclic) bond motifs is 1. The minimum Gasteiger partial charge on any atom is -0.490 e. The van der Waals surface area contributed by atoms with E-state index in [-0.39, 0.29) is 17.9 Å². The van der Waals surface area contributed by atoms with E-state index in [9.17, 15) is 9.59 Å². The molecule has 6 heteroatoms. The summed E-state index contributed by atoms with van der Waals surface area (Å²) in [5.41, 5.74) is 2.70. The summed E-state index contributed by atoms with van der Waals surface area (Å²) in [4.78, 5) is 28.4.